The lowest BCUT2D eigenvalue weighted by Crippen LogP contribution is -2.46. The van der Waals surface area contributed by atoms with Crippen LogP contribution in [0.25, 0.3) is 0 Å². The number of benzene rings is 1. The molecule has 1 aromatic rings. The number of nitro benzene ring substituents is 1. The smallest absolute Gasteiger partial charge is 0.295 e. The molecule has 5 N–H and O–H groups in total. The van der Waals surface area contributed by atoms with Gasteiger partial charge in [0, 0.05) is 12.1 Å². The quantitative estimate of drug-likeness (QED) is 0.337. The normalized spacial score (nSPS) is 24.8. The van der Waals surface area contributed by atoms with E-state index < -0.39 is 20.6 Å². The molecule has 3 rings (SSSR count). The van der Waals surface area contributed by atoms with E-state index in [-0.39, 0.29) is 10.6 Å². The largest absolute Gasteiger partial charge is 0.358 e. The Morgan fingerprint density at radius 3 is 2.64 bits per heavy atom. The van der Waals surface area contributed by atoms with E-state index in [1.54, 1.807) is 0 Å². The van der Waals surface area contributed by atoms with Crippen LogP contribution < -0.4 is 21.3 Å². The average Bonchev–Trinajstić information content (AvgIpc) is 3.14. The van der Waals surface area contributed by atoms with Gasteiger partial charge in [0.1, 0.15) is 5.69 Å². The van der Waals surface area contributed by atoms with Crippen LogP contribution in [0.5, 0.6) is 0 Å². The molecule has 25 heavy (non-hydrogen) atoms. The molecule has 0 aliphatic heterocycles. The molecule has 2 fully saturated rings. The third-order valence-corrected chi connectivity index (χ3v) is 5.99. The Balaban J connectivity index is 1.64. The van der Waals surface area contributed by atoms with Crippen molar-refractivity contribution >= 4 is 38.7 Å². The Labute approximate surface area is 150 Å². The number of sulfonamides is 1. The number of rotatable bonds is 5. The van der Waals surface area contributed by atoms with Crippen LogP contribution >= 0.6 is 12.2 Å². The van der Waals surface area contributed by atoms with Crippen molar-refractivity contribution in [2.75, 3.05) is 5.43 Å². The lowest BCUT2D eigenvalue weighted by atomic mass is 9.96. The SMILES string of the molecule is NS(=O)(=O)c1ccc(NNC(=S)N[C@H]2C[C@@H]3CC[C@@H]2C3)c([N+](=O)[O-])c1. The van der Waals surface area contributed by atoms with Gasteiger partial charge in [-0.25, -0.2) is 13.6 Å². The highest BCUT2D eigenvalue weighted by Crippen LogP contribution is 2.44. The van der Waals surface area contributed by atoms with Gasteiger partial charge < -0.3 is 5.32 Å². The Hall–Kier alpha value is -1.98. The molecule has 0 aromatic heterocycles. The fourth-order valence-electron chi connectivity index (χ4n) is 3.70. The fraction of sp³-hybridized carbons (Fsp3) is 0.500. The molecule has 0 radical (unpaired) electrons. The lowest BCUT2D eigenvalue weighted by Gasteiger charge is -2.24. The highest BCUT2D eigenvalue weighted by Gasteiger charge is 2.39. The fourth-order valence-corrected chi connectivity index (χ4v) is 4.43. The third-order valence-electron chi connectivity index (χ3n) is 4.86. The molecule has 3 atom stereocenters. The summed E-state index contributed by atoms with van der Waals surface area (Å²) >= 11 is 5.23. The van der Waals surface area contributed by atoms with Crippen LogP contribution in [0.4, 0.5) is 11.4 Å². The zero-order valence-electron chi connectivity index (χ0n) is 13.3. The van der Waals surface area contributed by atoms with E-state index in [9.17, 15) is 18.5 Å². The first kappa shape index (κ1) is 17.8. The van der Waals surface area contributed by atoms with Gasteiger partial charge in [-0.1, -0.05) is 6.42 Å². The molecule has 2 aliphatic carbocycles. The van der Waals surface area contributed by atoms with Gasteiger partial charge >= 0.3 is 0 Å². The van der Waals surface area contributed by atoms with Gasteiger partial charge in [0.25, 0.3) is 5.69 Å². The molecule has 136 valence electrons. The number of nitrogens with zero attached hydrogens (tertiary/aromatic N) is 1. The Bertz CT molecular complexity index is 813. The first-order valence-corrected chi connectivity index (χ1v) is 9.83. The van der Waals surface area contributed by atoms with E-state index in [2.05, 4.69) is 16.2 Å². The second-order valence-electron chi connectivity index (χ2n) is 6.49. The Morgan fingerprint density at radius 2 is 2.08 bits per heavy atom. The van der Waals surface area contributed by atoms with Crippen LogP contribution in [0.3, 0.4) is 0 Å². The maximum absolute atomic E-state index is 11.3. The summed E-state index contributed by atoms with van der Waals surface area (Å²) in [5.41, 5.74) is 5.06. The predicted octanol–water partition coefficient (Wildman–Crippen LogP) is 1.22. The van der Waals surface area contributed by atoms with Crippen molar-refractivity contribution in [3.63, 3.8) is 0 Å². The molecule has 2 saturated carbocycles. The van der Waals surface area contributed by atoms with Crippen molar-refractivity contribution in [2.45, 2.75) is 36.6 Å². The van der Waals surface area contributed by atoms with Crippen LogP contribution in [-0.4, -0.2) is 24.5 Å². The van der Waals surface area contributed by atoms with Crippen molar-refractivity contribution in [2.24, 2.45) is 17.0 Å². The van der Waals surface area contributed by atoms with E-state index in [1.165, 1.54) is 31.4 Å². The number of nitrogens with two attached hydrogens (primary N) is 1. The van der Waals surface area contributed by atoms with Crippen LogP contribution in [0.1, 0.15) is 25.7 Å². The number of hydrazine groups is 1. The number of thiocarbonyl (C=S) groups is 1. The topological polar surface area (TPSA) is 139 Å². The number of hydrogen-bond acceptors (Lipinski definition) is 6. The maximum atomic E-state index is 11.3. The summed E-state index contributed by atoms with van der Waals surface area (Å²) in [5.74, 6) is 1.40. The number of fused-ring (bicyclic) bond motifs is 2. The van der Waals surface area contributed by atoms with Crippen LogP contribution in [0.2, 0.25) is 0 Å². The van der Waals surface area contributed by atoms with Crippen LogP contribution in [-0.2, 0) is 10.0 Å². The number of primary sulfonamides is 1. The molecule has 1 aromatic carbocycles. The number of nitro groups is 1. The summed E-state index contributed by atoms with van der Waals surface area (Å²) in [7, 11) is -4.02. The molecular weight excluding hydrogens is 366 g/mol. The highest BCUT2D eigenvalue weighted by atomic mass is 32.2. The summed E-state index contributed by atoms with van der Waals surface area (Å²) in [6, 6.07) is 3.70. The minimum atomic E-state index is -4.02. The van der Waals surface area contributed by atoms with Gasteiger partial charge in [-0.3, -0.25) is 21.0 Å². The molecule has 0 saturated heterocycles. The van der Waals surface area contributed by atoms with E-state index in [0.29, 0.717) is 17.1 Å². The molecule has 0 spiro atoms. The molecule has 2 aliphatic rings. The van der Waals surface area contributed by atoms with Crippen LogP contribution in [0.15, 0.2) is 23.1 Å². The van der Waals surface area contributed by atoms with Crippen LogP contribution in [0, 0.1) is 22.0 Å². The first-order chi connectivity index (χ1) is 11.7. The zero-order valence-corrected chi connectivity index (χ0v) is 14.9. The minimum Gasteiger partial charge on any atom is -0.358 e. The van der Waals surface area contributed by atoms with Crippen molar-refractivity contribution in [3.05, 3.63) is 28.3 Å². The second-order valence-corrected chi connectivity index (χ2v) is 8.46. The highest BCUT2D eigenvalue weighted by molar-refractivity contribution is 7.89. The van der Waals surface area contributed by atoms with Gasteiger partial charge in [0.2, 0.25) is 10.0 Å². The molecular formula is C14H19N5O4S2. The minimum absolute atomic E-state index is 0.0921. The number of hydrogen-bond donors (Lipinski definition) is 4. The standard InChI is InChI=1S/C14H19N5O4S2/c15-25(22,23)10-3-4-11(13(7-10)19(20)21)17-18-14(24)16-12-6-8-1-2-9(12)5-8/h3-4,7-9,12,17H,1-2,5-6H2,(H2,15,22,23)(H2,16,18,24)/t8-,9-,12+/m1/s1. The van der Waals surface area contributed by atoms with E-state index in [1.807, 2.05) is 0 Å². The van der Waals surface area contributed by atoms with Crippen molar-refractivity contribution in [1.82, 2.24) is 10.7 Å². The predicted molar refractivity (Wildman–Crippen MR) is 96.2 cm³/mol. The Morgan fingerprint density at radius 1 is 1.32 bits per heavy atom. The summed E-state index contributed by atoms with van der Waals surface area (Å²) < 4.78 is 22.7. The molecule has 9 nitrogen and oxygen atoms in total. The second kappa shape index (κ2) is 6.73. The number of nitrogens with one attached hydrogen (secondary N) is 3. The van der Waals surface area contributed by atoms with Gasteiger partial charge in [0.05, 0.1) is 9.82 Å². The summed E-state index contributed by atoms with van der Waals surface area (Å²) in [4.78, 5) is 10.1. The molecule has 0 unspecified atom stereocenters. The summed E-state index contributed by atoms with van der Waals surface area (Å²) in [6.45, 7) is 0. The monoisotopic (exact) mass is 385 g/mol. The molecule has 2 bridgehead atoms. The lowest BCUT2D eigenvalue weighted by molar-refractivity contribution is -0.384. The molecule has 0 heterocycles. The zero-order chi connectivity index (χ0) is 18.2. The van der Waals surface area contributed by atoms with Gasteiger partial charge in [-0.15, -0.1) is 0 Å². The van der Waals surface area contributed by atoms with Gasteiger partial charge in [0.15, 0.2) is 5.11 Å². The van der Waals surface area contributed by atoms with Crippen molar-refractivity contribution in [3.8, 4) is 0 Å². The van der Waals surface area contributed by atoms with E-state index >= 15 is 0 Å². The molecule has 11 heteroatoms. The van der Waals surface area contributed by atoms with Gasteiger partial charge in [-0.2, -0.15) is 0 Å². The third kappa shape index (κ3) is 3.99. The van der Waals surface area contributed by atoms with Gasteiger partial charge in [-0.05, 0) is 55.4 Å². The van der Waals surface area contributed by atoms with Crippen molar-refractivity contribution < 1.29 is 13.3 Å². The van der Waals surface area contributed by atoms with Crippen molar-refractivity contribution in [1.29, 1.82) is 0 Å². The summed E-state index contributed by atoms with van der Waals surface area (Å²) in [5, 5.41) is 19.8. The maximum Gasteiger partial charge on any atom is 0.295 e. The summed E-state index contributed by atoms with van der Waals surface area (Å²) in [6.07, 6.45) is 4.81. The molecule has 0 amide bonds. The van der Waals surface area contributed by atoms with E-state index in [4.69, 9.17) is 17.4 Å². The number of anilines is 1. The van der Waals surface area contributed by atoms with E-state index in [0.717, 1.165) is 18.4 Å². The Kier molecular flexibility index (Phi) is 4.80. The first-order valence-electron chi connectivity index (χ1n) is 7.88. The average molecular weight is 385 g/mol.